The predicted molar refractivity (Wildman–Crippen MR) is 40.3 cm³/mol. The van der Waals surface area contributed by atoms with Crippen LogP contribution in [-0.4, -0.2) is 65.0 Å². The van der Waals surface area contributed by atoms with Crippen molar-refractivity contribution in [2.45, 2.75) is 19.8 Å². The third-order valence-electron chi connectivity index (χ3n) is 0.828. The number of aldehydes is 1. The zero-order chi connectivity index (χ0) is 6.24. The Bertz CT molecular complexity index is 57.0. The minimum atomic E-state index is 0. The van der Waals surface area contributed by atoms with Gasteiger partial charge in [0.2, 0.25) is 0 Å². The molecule has 0 N–H and O–H groups in total. The summed E-state index contributed by atoms with van der Waals surface area (Å²) < 4.78 is 4.86. The van der Waals surface area contributed by atoms with Crippen molar-refractivity contribution in [3.05, 3.63) is 0 Å². The van der Waals surface area contributed by atoms with E-state index in [0.717, 1.165) is 25.7 Å². The first-order valence-corrected chi connectivity index (χ1v) is 2.93. The number of hydrogen-bond donors (Lipinski definition) is 0. The number of rotatable bonds is 5. The van der Waals surface area contributed by atoms with Crippen LogP contribution in [0.5, 0.6) is 0 Å². The zero-order valence-corrected chi connectivity index (χ0v) is 5.22. The first-order valence-electron chi connectivity index (χ1n) is 2.93. The van der Waals surface area contributed by atoms with Crippen molar-refractivity contribution in [2.75, 3.05) is 13.2 Å². The molecule has 0 radical (unpaired) electrons. The fraction of sp³-hybridized carbons (Fsp3) is 0.833. The molecular formula is C6H14O2Sr. The van der Waals surface area contributed by atoms with Crippen molar-refractivity contribution in [3.63, 3.8) is 0 Å². The number of carbonyl (C=O) groups is 1. The maximum absolute atomic E-state index is 9.64. The Hall–Kier alpha value is 1.11. The molecule has 0 aromatic rings. The molecule has 0 aliphatic heterocycles. The SMILES string of the molecule is CCCCOCC=O.[SrH2]. The first-order chi connectivity index (χ1) is 3.91. The van der Waals surface area contributed by atoms with Crippen LogP contribution in [0.2, 0.25) is 0 Å². The second kappa shape index (κ2) is 11.9. The maximum atomic E-state index is 9.64. The summed E-state index contributed by atoms with van der Waals surface area (Å²) in [6.45, 7) is 3.06. The number of carbonyl (C=O) groups excluding carboxylic acids is 1. The second-order valence-electron chi connectivity index (χ2n) is 1.60. The molecule has 0 aromatic carbocycles. The predicted octanol–water partition coefficient (Wildman–Crippen LogP) is 0.0858. The van der Waals surface area contributed by atoms with Gasteiger partial charge in [-0.3, -0.25) is 0 Å². The van der Waals surface area contributed by atoms with E-state index in [-0.39, 0.29) is 52.1 Å². The summed E-state index contributed by atoms with van der Waals surface area (Å²) in [5, 5.41) is 0. The Kier molecular flexibility index (Phi) is 16.8. The molecular weight excluding hydrogens is 192 g/mol. The van der Waals surface area contributed by atoms with Gasteiger partial charge in [-0.15, -0.1) is 0 Å². The average molecular weight is 206 g/mol. The summed E-state index contributed by atoms with van der Waals surface area (Å²) in [5.41, 5.74) is 0. The number of hydrogen-bond acceptors (Lipinski definition) is 2. The van der Waals surface area contributed by atoms with Crippen LogP contribution in [-0.2, 0) is 9.53 Å². The van der Waals surface area contributed by atoms with Crippen LogP contribution < -0.4 is 0 Å². The summed E-state index contributed by atoms with van der Waals surface area (Å²) in [4.78, 5) is 9.64. The molecule has 0 bridgehead atoms. The van der Waals surface area contributed by atoms with Crippen LogP contribution in [0.1, 0.15) is 19.8 Å². The molecule has 0 atom stereocenters. The van der Waals surface area contributed by atoms with Gasteiger partial charge in [-0.1, -0.05) is 13.3 Å². The Labute approximate surface area is 93.2 Å². The molecule has 0 amide bonds. The Balaban J connectivity index is 0. The monoisotopic (exact) mass is 206 g/mol. The van der Waals surface area contributed by atoms with E-state index in [1.54, 1.807) is 0 Å². The topological polar surface area (TPSA) is 26.3 Å². The molecule has 9 heavy (non-hydrogen) atoms. The molecule has 0 saturated heterocycles. The molecule has 0 aliphatic carbocycles. The zero-order valence-electron chi connectivity index (χ0n) is 5.22. The van der Waals surface area contributed by atoms with Crippen molar-refractivity contribution in [2.24, 2.45) is 0 Å². The second-order valence-corrected chi connectivity index (χ2v) is 1.60. The molecule has 0 saturated carbocycles. The summed E-state index contributed by atoms with van der Waals surface area (Å²) in [7, 11) is 0. The fourth-order valence-electron chi connectivity index (χ4n) is 0.378. The van der Waals surface area contributed by atoms with E-state index < -0.39 is 0 Å². The number of unbranched alkanes of at least 4 members (excludes halogenated alkanes) is 1. The van der Waals surface area contributed by atoms with Gasteiger partial charge < -0.3 is 9.53 Å². The normalized spacial score (nSPS) is 8.11. The molecule has 3 heteroatoms. The van der Waals surface area contributed by atoms with E-state index in [2.05, 4.69) is 6.92 Å². The van der Waals surface area contributed by atoms with Crippen LogP contribution >= 0.6 is 0 Å². The van der Waals surface area contributed by atoms with Crippen LogP contribution in [0.15, 0.2) is 0 Å². The molecule has 0 heterocycles. The van der Waals surface area contributed by atoms with Gasteiger partial charge in [0.1, 0.15) is 12.9 Å². The molecule has 0 spiro atoms. The third-order valence-corrected chi connectivity index (χ3v) is 0.828. The summed E-state index contributed by atoms with van der Waals surface area (Å²) in [6, 6.07) is 0. The quantitative estimate of drug-likeness (QED) is 0.361. The van der Waals surface area contributed by atoms with Crippen molar-refractivity contribution in [1.29, 1.82) is 0 Å². The minimum absolute atomic E-state index is 0. The number of ether oxygens (including phenoxy) is 1. The van der Waals surface area contributed by atoms with Gasteiger partial charge in [0.15, 0.2) is 0 Å². The summed E-state index contributed by atoms with van der Waals surface area (Å²) >= 11 is 0. The van der Waals surface area contributed by atoms with Crippen molar-refractivity contribution >= 4 is 51.8 Å². The van der Waals surface area contributed by atoms with E-state index in [1.165, 1.54) is 0 Å². The van der Waals surface area contributed by atoms with Crippen molar-refractivity contribution in [1.82, 2.24) is 0 Å². The molecule has 0 fully saturated rings. The van der Waals surface area contributed by atoms with Crippen LogP contribution in [0, 0.1) is 0 Å². The van der Waals surface area contributed by atoms with Crippen LogP contribution in [0.25, 0.3) is 0 Å². The van der Waals surface area contributed by atoms with Gasteiger partial charge in [0, 0.05) is 6.61 Å². The first kappa shape index (κ1) is 12.8. The molecule has 0 aromatic heterocycles. The fourth-order valence-corrected chi connectivity index (χ4v) is 0.378. The van der Waals surface area contributed by atoms with Gasteiger partial charge in [0.05, 0.1) is 0 Å². The van der Waals surface area contributed by atoms with Crippen molar-refractivity contribution < 1.29 is 9.53 Å². The van der Waals surface area contributed by atoms with Crippen LogP contribution in [0.3, 0.4) is 0 Å². The Morgan fingerprint density at radius 3 is 2.67 bits per heavy atom. The van der Waals surface area contributed by atoms with E-state index in [0.29, 0.717) is 0 Å². The van der Waals surface area contributed by atoms with Gasteiger partial charge in [-0.05, 0) is 6.42 Å². The molecule has 52 valence electrons. The summed E-state index contributed by atoms with van der Waals surface area (Å²) in [5.74, 6) is 0. The average Bonchev–Trinajstić information content (AvgIpc) is 1.81. The Morgan fingerprint density at radius 2 is 2.22 bits per heavy atom. The van der Waals surface area contributed by atoms with Gasteiger partial charge >= 0.3 is 45.5 Å². The summed E-state index contributed by atoms with van der Waals surface area (Å²) in [6.07, 6.45) is 2.95. The molecule has 0 aliphatic rings. The van der Waals surface area contributed by atoms with Crippen LogP contribution in [0.4, 0.5) is 0 Å². The van der Waals surface area contributed by atoms with Gasteiger partial charge in [0.25, 0.3) is 0 Å². The van der Waals surface area contributed by atoms with E-state index in [4.69, 9.17) is 4.74 Å². The van der Waals surface area contributed by atoms with E-state index in [9.17, 15) is 4.79 Å². The third kappa shape index (κ3) is 12.3. The Morgan fingerprint density at radius 1 is 1.56 bits per heavy atom. The van der Waals surface area contributed by atoms with Gasteiger partial charge in [-0.2, -0.15) is 0 Å². The van der Waals surface area contributed by atoms with E-state index >= 15 is 0 Å². The molecule has 2 nitrogen and oxygen atoms in total. The standard InChI is InChI=1S/C6H12O2.Sr.2H/c1-2-3-5-8-6-4-7;;;/h4H,2-3,5-6H2,1H3;;;. The van der Waals surface area contributed by atoms with Crippen molar-refractivity contribution in [3.8, 4) is 0 Å². The van der Waals surface area contributed by atoms with E-state index in [1.807, 2.05) is 0 Å². The molecule has 0 rings (SSSR count). The molecule has 0 unspecified atom stereocenters. The van der Waals surface area contributed by atoms with Gasteiger partial charge in [-0.25, -0.2) is 0 Å².